The van der Waals surface area contributed by atoms with Crippen LogP contribution in [0.2, 0.25) is 5.02 Å². The molecule has 5 nitrogen and oxygen atoms in total. The zero-order valence-corrected chi connectivity index (χ0v) is 14.8. The zero-order chi connectivity index (χ0) is 18.0. The molecule has 1 unspecified atom stereocenters. The summed E-state index contributed by atoms with van der Waals surface area (Å²) in [6.07, 6.45) is 1.60. The van der Waals surface area contributed by atoms with Gasteiger partial charge in [-0.15, -0.1) is 0 Å². The van der Waals surface area contributed by atoms with Crippen molar-refractivity contribution in [2.24, 2.45) is 0 Å². The molecule has 2 aromatic carbocycles. The van der Waals surface area contributed by atoms with Gasteiger partial charge in [0.25, 0.3) is 5.56 Å². The Kier molecular flexibility index (Phi) is 4.86. The molecule has 1 amide bonds. The molecule has 0 bridgehead atoms. The summed E-state index contributed by atoms with van der Waals surface area (Å²) in [5.41, 5.74) is 0.707. The molecule has 0 fully saturated rings. The van der Waals surface area contributed by atoms with Crippen LogP contribution < -0.4 is 5.56 Å². The smallest absolute Gasteiger partial charge is 0.275 e. The van der Waals surface area contributed by atoms with Crippen molar-refractivity contribution in [2.75, 3.05) is 7.05 Å². The number of hydrogen-bond acceptors (Lipinski definition) is 3. The third-order valence-corrected chi connectivity index (χ3v) is 4.63. The van der Waals surface area contributed by atoms with Gasteiger partial charge in [-0.1, -0.05) is 41.9 Å². The summed E-state index contributed by atoms with van der Waals surface area (Å²) in [5.74, 6) is -0.188. The number of aromatic nitrogens is 2. The first kappa shape index (κ1) is 17.2. The Morgan fingerprint density at radius 1 is 1.20 bits per heavy atom. The van der Waals surface area contributed by atoms with Crippen LogP contribution in [0.3, 0.4) is 0 Å². The predicted molar refractivity (Wildman–Crippen MR) is 98.6 cm³/mol. The molecule has 0 saturated carbocycles. The number of halogens is 1. The Labute approximate surface area is 150 Å². The lowest BCUT2D eigenvalue weighted by molar-refractivity contribution is -0.132. The van der Waals surface area contributed by atoms with Crippen LogP contribution in [0.4, 0.5) is 0 Å². The standard InChI is InChI=1S/C19H18ClN3O2/c1-13(14-7-9-16(20)10-8-14)22(2)18(24)12-23-19(25)17-6-4-3-5-15(17)11-21-23/h3-11,13H,12H2,1-2H3. The molecule has 1 atom stereocenters. The van der Waals surface area contributed by atoms with E-state index in [0.717, 1.165) is 10.9 Å². The predicted octanol–water partition coefficient (Wildman–Crippen LogP) is 3.27. The second kappa shape index (κ2) is 7.07. The van der Waals surface area contributed by atoms with Gasteiger partial charge in [-0.25, -0.2) is 4.68 Å². The number of carbonyl (C=O) groups excluding carboxylic acids is 1. The lowest BCUT2D eigenvalue weighted by Crippen LogP contribution is -2.36. The van der Waals surface area contributed by atoms with Gasteiger partial charge in [-0.2, -0.15) is 5.10 Å². The van der Waals surface area contributed by atoms with Crippen LogP contribution in [0.25, 0.3) is 10.8 Å². The third kappa shape index (κ3) is 3.56. The van der Waals surface area contributed by atoms with E-state index in [-0.39, 0.29) is 24.1 Å². The summed E-state index contributed by atoms with van der Waals surface area (Å²) in [7, 11) is 1.72. The number of carbonyl (C=O) groups is 1. The normalized spacial score (nSPS) is 12.1. The van der Waals surface area contributed by atoms with E-state index in [1.165, 1.54) is 4.68 Å². The highest BCUT2D eigenvalue weighted by molar-refractivity contribution is 6.30. The monoisotopic (exact) mass is 355 g/mol. The maximum absolute atomic E-state index is 12.6. The van der Waals surface area contributed by atoms with Crippen LogP contribution in [0.5, 0.6) is 0 Å². The van der Waals surface area contributed by atoms with Gasteiger partial charge in [0, 0.05) is 17.5 Å². The minimum atomic E-state index is -0.265. The van der Waals surface area contributed by atoms with E-state index in [4.69, 9.17) is 11.6 Å². The van der Waals surface area contributed by atoms with Crippen LogP contribution in [0.15, 0.2) is 59.5 Å². The van der Waals surface area contributed by atoms with Crippen molar-refractivity contribution in [2.45, 2.75) is 19.5 Å². The molecule has 0 aliphatic rings. The van der Waals surface area contributed by atoms with E-state index in [0.29, 0.717) is 10.4 Å². The van der Waals surface area contributed by atoms with Crippen molar-refractivity contribution in [1.29, 1.82) is 0 Å². The first-order valence-electron chi connectivity index (χ1n) is 7.93. The van der Waals surface area contributed by atoms with Crippen molar-refractivity contribution in [3.8, 4) is 0 Å². The van der Waals surface area contributed by atoms with Gasteiger partial charge in [-0.3, -0.25) is 9.59 Å². The average Bonchev–Trinajstić information content (AvgIpc) is 2.63. The molecular formula is C19H18ClN3O2. The largest absolute Gasteiger partial charge is 0.337 e. The highest BCUT2D eigenvalue weighted by Crippen LogP contribution is 2.21. The Hall–Kier alpha value is -2.66. The summed E-state index contributed by atoms with van der Waals surface area (Å²) < 4.78 is 1.20. The molecule has 3 aromatic rings. The van der Waals surface area contributed by atoms with Gasteiger partial charge >= 0.3 is 0 Å². The zero-order valence-electron chi connectivity index (χ0n) is 14.0. The molecule has 0 N–H and O–H groups in total. The average molecular weight is 356 g/mol. The lowest BCUT2D eigenvalue weighted by Gasteiger charge is -2.25. The summed E-state index contributed by atoms with van der Waals surface area (Å²) in [5, 5.41) is 6.08. The Balaban J connectivity index is 1.80. The number of benzene rings is 2. The first-order chi connectivity index (χ1) is 12.0. The van der Waals surface area contributed by atoms with Crippen molar-refractivity contribution in [1.82, 2.24) is 14.7 Å². The molecule has 1 aromatic heterocycles. The maximum atomic E-state index is 12.6. The summed E-state index contributed by atoms with van der Waals surface area (Å²) in [6.45, 7) is 1.83. The van der Waals surface area contributed by atoms with Crippen LogP contribution in [-0.4, -0.2) is 27.6 Å². The molecule has 1 heterocycles. The van der Waals surface area contributed by atoms with Gasteiger partial charge in [-0.05, 0) is 30.7 Å². The number of rotatable bonds is 4. The lowest BCUT2D eigenvalue weighted by atomic mass is 10.1. The fraction of sp³-hybridized carbons (Fsp3) is 0.211. The highest BCUT2D eigenvalue weighted by Gasteiger charge is 2.19. The van der Waals surface area contributed by atoms with E-state index >= 15 is 0 Å². The summed E-state index contributed by atoms with van der Waals surface area (Å²) in [4.78, 5) is 26.7. The molecule has 0 aliphatic heterocycles. The quantitative estimate of drug-likeness (QED) is 0.721. The van der Waals surface area contributed by atoms with Crippen molar-refractivity contribution < 1.29 is 4.79 Å². The number of hydrogen-bond donors (Lipinski definition) is 0. The van der Waals surface area contributed by atoms with Crippen LogP contribution in [0, 0.1) is 0 Å². The van der Waals surface area contributed by atoms with E-state index in [1.807, 2.05) is 31.2 Å². The number of nitrogens with zero attached hydrogens (tertiary/aromatic N) is 3. The van der Waals surface area contributed by atoms with Crippen LogP contribution in [0.1, 0.15) is 18.5 Å². The number of likely N-dealkylation sites (N-methyl/N-ethyl adjacent to an activating group) is 1. The molecule has 128 valence electrons. The fourth-order valence-electron chi connectivity index (χ4n) is 2.66. The molecule has 0 radical (unpaired) electrons. The molecule has 0 spiro atoms. The second-order valence-electron chi connectivity index (χ2n) is 5.93. The van der Waals surface area contributed by atoms with E-state index < -0.39 is 0 Å². The first-order valence-corrected chi connectivity index (χ1v) is 8.31. The van der Waals surface area contributed by atoms with Gasteiger partial charge in [0.15, 0.2) is 0 Å². The Bertz CT molecular complexity index is 966. The molecule has 0 saturated heterocycles. The molecule has 0 aliphatic carbocycles. The van der Waals surface area contributed by atoms with Gasteiger partial charge in [0.2, 0.25) is 5.91 Å². The summed E-state index contributed by atoms with van der Waals surface area (Å²) in [6, 6.07) is 14.4. The number of amides is 1. The maximum Gasteiger partial charge on any atom is 0.275 e. The van der Waals surface area contributed by atoms with Crippen molar-refractivity contribution in [3.63, 3.8) is 0 Å². The minimum absolute atomic E-state index is 0.0991. The molecule has 6 heteroatoms. The topological polar surface area (TPSA) is 55.2 Å². The van der Waals surface area contributed by atoms with E-state index in [9.17, 15) is 9.59 Å². The van der Waals surface area contributed by atoms with Gasteiger partial charge in [0.05, 0.1) is 17.6 Å². The van der Waals surface area contributed by atoms with Crippen molar-refractivity contribution >= 4 is 28.3 Å². The minimum Gasteiger partial charge on any atom is -0.337 e. The van der Waals surface area contributed by atoms with Crippen LogP contribution in [-0.2, 0) is 11.3 Å². The summed E-state index contributed by atoms with van der Waals surface area (Å²) >= 11 is 5.90. The van der Waals surface area contributed by atoms with Crippen LogP contribution >= 0.6 is 11.6 Å². The van der Waals surface area contributed by atoms with Gasteiger partial charge < -0.3 is 4.90 Å². The fourth-order valence-corrected chi connectivity index (χ4v) is 2.79. The molecular weight excluding hydrogens is 338 g/mol. The Morgan fingerprint density at radius 2 is 1.88 bits per heavy atom. The number of fused-ring (bicyclic) bond motifs is 1. The third-order valence-electron chi connectivity index (χ3n) is 4.37. The second-order valence-corrected chi connectivity index (χ2v) is 6.36. The van der Waals surface area contributed by atoms with E-state index in [1.54, 1.807) is 42.4 Å². The Morgan fingerprint density at radius 3 is 2.60 bits per heavy atom. The van der Waals surface area contributed by atoms with Gasteiger partial charge in [0.1, 0.15) is 6.54 Å². The van der Waals surface area contributed by atoms with Crippen molar-refractivity contribution in [3.05, 3.63) is 75.7 Å². The highest BCUT2D eigenvalue weighted by atomic mass is 35.5. The van der Waals surface area contributed by atoms with E-state index in [2.05, 4.69) is 5.10 Å². The SMILES string of the molecule is CC(c1ccc(Cl)cc1)N(C)C(=O)Cn1ncc2ccccc2c1=O. The molecule has 3 rings (SSSR count). The molecule has 25 heavy (non-hydrogen) atoms.